The van der Waals surface area contributed by atoms with Gasteiger partial charge in [-0.05, 0) is 10.7 Å². The number of benzene rings is 1. The molecule has 0 aliphatic rings. The van der Waals surface area contributed by atoms with Gasteiger partial charge in [-0.1, -0.05) is 12.1 Å². The summed E-state index contributed by atoms with van der Waals surface area (Å²) in [5, 5.41) is 0. The van der Waals surface area contributed by atoms with E-state index in [0.29, 0.717) is 5.89 Å². The normalized spacial score (nSPS) is 10.6. The maximum Gasteiger partial charge on any atom is 0.373 e. The van der Waals surface area contributed by atoms with Crippen LogP contribution in [0.15, 0.2) is 28.7 Å². The lowest BCUT2D eigenvalue weighted by atomic mass is 10.3. The molecule has 0 aliphatic heterocycles. The number of para-hydroxylation sites is 2. The fraction of sp³-hybridized carbons (Fsp3) is 0.125. The van der Waals surface area contributed by atoms with Gasteiger partial charge in [0.05, 0.1) is 6.92 Å². The summed E-state index contributed by atoms with van der Waals surface area (Å²) in [6, 6.07) is 7.67. The van der Waals surface area contributed by atoms with E-state index in [2.05, 4.69) is 0 Å². The molecule has 0 fully saturated rings. The van der Waals surface area contributed by atoms with Crippen LogP contribution < -0.4 is 10.5 Å². The quantitative estimate of drug-likeness (QED) is 0.443. The van der Waals surface area contributed by atoms with Crippen LogP contribution in [0.5, 0.6) is 0 Å². The van der Waals surface area contributed by atoms with E-state index in [9.17, 15) is 0 Å². The van der Waals surface area contributed by atoms with Gasteiger partial charge in [0, 0.05) is 6.07 Å². The molecule has 1 aromatic carbocycles. The molecule has 0 amide bonds. The number of rotatable bonds is 0. The average Bonchev–Trinajstić information content (AvgIpc) is 2.30. The Labute approximate surface area is 64.0 Å². The highest BCUT2D eigenvalue weighted by atomic mass is 16.4. The maximum atomic E-state index is 5.66. The third kappa shape index (κ3) is 0.774. The van der Waals surface area contributed by atoms with Crippen molar-refractivity contribution >= 4 is 11.1 Å². The van der Waals surface area contributed by atoms with Crippen molar-refractivity contribution in [2.24, 2.45) is 0 Å². The van der Waals surface area contributed by atoms with Crippen molar-refractivity contribution in [2.75, 3.05) is 5.84 Å². The maximum absolute atomic E-state index is 5.66. The summed E-state index contributed by atoms with van der Waals surface area (Å²) in [6.45, 7) is 1.83. The second-order valence-corrected chi connectivity index (χ2v) is 2.46. The molecule has 56 valence electrons. The lowest BCUT2D eigenvalue weighted by Gasteiger charge is -1.78. The largest absolute Gasteiger partial charge is 0.400 e. The van der Waals surface area contributed by atoms with Crippen LogP contribution in [0.1, 0.15) is 5.89 Å². The SMILES string of the molecule is Cc1oc2ccccc2[n+]1N. The van der Waals surface area contributed by atoms with Crippen molar-refractivity contribution in [3.8, 4) is 0 Å². The average molecular weight is 149 g/mol. The minimum Gasteiger partial charge on any atom is -0.400 e. The van der Waals surface area contributed by atoms with Crippen LogP contribution in [0.4, 0.5) is 0 Å². The number of nitrogens with zero attached hydrogens (tertiary/aromatic N) is 1. The molecule has 2 aromatic rings. The van der Waals surface area contributed by atoms with E-state index in [0.717, 1.165) is 11.1 Å². The van der Waals surface area contributed by atoms with Gasteiger partial charge in [-0.15, -0.1) is 0 Å². The fourth-order valence-electron chi connectivity index (χ4n) is 1.12. The van der Waals surface area contributed by atoms with Crippen LogP contribution in [0.2, 0.25) is 0 Å². The van der Waals surface area contributed by atoms with E-state index in [1.54, 1.807) is 0 Å². The second kappa shape index (κ2) is 1.99. The van der Waals surface area contributed by atoms with Gasteiger partial charge in [-0.25, -0.2) is 5.84 Å². The van der Waals surface area contributed by atoms with Crippen LogP contribution in [-0.2, 0) is 0 Å². The van der Waals surface area contributed by atoms with Gasteiger partial charge in [-0.2, -0.15) is 0 Å². The van der Waals surface area contributed by atoms with E-state index >= 15 is 0 Å². The van der Waals surface area contributed by atoms with Crippen LogP contribution >= 0.6 is 0 Å². The van der Waals surface area contributed by atoms with Crippen molar-refractivity contribution in [1.29, 1.82) is 0 Å². The molecule has 0 aliphatic carbocycles. The van der Waals surface area contributed by atoms with Crippen molar-refractivity contribution in [3.63, 3.8) is 0 Å². The first kappa shape index (κ1) is 6.22. The highest BCUT2D eigenvalue weighted by Gasteiger charge is 2.14. The summed E-state index contributed by atoms with van der Waals surface area (Å²) in [5.74, 6) is 6.38. The Morgan fingerprint density at radius 2 is 2.09 bits per heavy atom. The summed E-state index contributed by atoms with van der Waals surface area (Å²) < 4.78 is 6.87. The third-order valence-electron chi connectivity index (χ3n) is 1.72. The first-order chi connectivity index (χ1) is 5.29. The standard InChI is InChI=1S/C8H9N2O/c1-6-10(9)7-4-2-3-5-8(7)11-6/h2-5H,9H2,1H3/q+1. The van der Waals surface area contributed by atoms with Crippen LogP contribution in [-0.4, -0.2) is 0 Å². The Bertz CT molecular complexity index is 392. The first-order valence-electron chi connectivity index (χ1n) is 3.44. The predicted molar refractivity (Wildman–Crippen MR) is 41.3 cm³/mol. The van der Waals surface area contributed by atoms with Gasteiger partial charge >= 0.3 is 5.89 Å². The number of nitrogen functional groups attached to an aromatic ring is 1. The summed E-state index contributed by atoms with van der Waals surface area (Å²) in [4.78, 5) is 0. The lowest BCUT2D eigenvalue weighted by Crippen LogP contribution is -2.45. The van der Waals surface area contributed by atoms with Gasteiger partial charge in [0.1, 0.15) is 0 Å². The molecule has 0 radical (unpaired) electrons. The third-order valence-corrected chi connectivity index (χ3v) is 1.72. The smallest absolute Gasteiger partial charge is 0.373 e. The molecule has 3 nitrogen and oxygen atoms in total. The monoisotopic (exact) mass is 149 g/mol. The molecule has 11 heavy (non-hydrogen) atoms. The molecule has 0 saturated heterocycles. The highest BCUT2D eigenvalue weighted by molar-refractivity contribution is 5.68. The summed E-state index contributed by atoms with van der Waals surface area (Å²) in [7, 11) is 0. The van der Waals surface area contributed by atoms with Gasteiger partial charge in [0.25, 0.3) is 5.52 Å². The zero-order valence-electron chi connectivity index (χ0n) is 6.24. The molecule has 0 unspecified atom stereocenters. The lowest BCUT2D eigenvalue weighted by molar-refractivity contribution is -0.624. The number of oxazole rings is 1. The number of nitrogens with two attached hydrogens (primary N) is 1. The van der Waals surface area contributed by atoms with E-state index in [1.165, 1.54) is 4.68 Å². The minimum atomic E-state index is 0.714. The molecule has 1 aromatic heterocycles. The van der Waals surface area contributed by atoms with E-state index in [-0.39, 0.29) is 0 Å². The zero-order valence-corrected chi connectivity index (χ0v) is 6.24. The number of aryl methyl sites for hydroxylation is 1. The van der Waals surface area contributed by atoms with E-state index < -0.39 is 0 Å². The Balaban J connectivity index is 2.92. The molecule has 2 rings (SSSR count). The number of aromatic nitrogens is 1. The summed E-state index contributed by atoms with van der Waals surface area (Å²) in [5.41, 5.74) is 1.75. The molecule has 2 N–H and O–H groups in total. The minimum absolute atomic E-state index is 0.714. The highest BCUT2D eigenvalue weighted by Crippen LogP contribution is 2.10. The molecule has 0 spiro atoms. The van der Waals surface area contributed by atoms with Crippen molar-refractivity contribution in [1.82, 2.24) is 0 Å². The Kier molecular flexibility index (Phi) is 1.12. The molecule has 0 saturated carbocycles. The molecule has 3 heteroatoms. The second-order valence-electron chi connectivity index (χ2n) is 2.46. The fourth-order valence-corrected chi connectivity index (χ4v) is 1.12. The Hall–Kier alpha value is -1.51. The van der Waals surface area contributed by atoms with Crippen LogP contribution in [0, 0.1) is 6.92 Å². The van der Waals surface area contributed by atoms with Crippen LogP contribution in [0.25, 0.3) is 11.1 Å². The summed E-state index contributed by atoms with van der Waals surface area (Å²) >= 11 is 0. The van der Waals surface area contributed by atoms with E-state index in [1.807, 2.05) is 31.2 Å². The Morgan fingerprint density at radius 1 is 1.36 bits per heavy atom. The van der Waals surface area contributed by atoms with Crippen LogP contribution in [0.3, 0.4) is 0 Å². The van der Waals surface area contributed by atoms with Crippen molar-refractivity contribution < 1.29 is 9.09 Å². The van der Waals surface area contributed by atoms with Crippen molar-refractivity contribution in [3.05, 3.63) is 30.2 Å². The molecular weight excluding hydrogens is 140 g/mol. The van der Waals surface area contributed by atoms with E-state index in [4.69, 9.17) is 10.3 Å². The van der Waals surface area contributed by atoms with Gasteiger partial charge < -0.3 is 4.42 Å². The number of hydrogen-bond donors (Lipinski definition) is 1. The molecule has 0 atom stereocenters. The summed E-state index contributed by atoms with van der Waals surface area (Å²) in [6.07, 6.45) is 0. The number of fused-ring (bicyclic) bond motifs is 1. The molecule has 1 heterocycles. The topological polar surface area (TPSA) is 43.0 Å². The first-order valence-corrected chi connectivity index (χ1v) is 3.44. The molecular formula is C8H9N2O+. The van der Waals surface area contributed by atoms with Crippen molar-refractivity contribution in [2.45, 2.75) is 6.92 Å². The number of hydrogen-bond acceptors (Lipinski definition) is 2. The Morgan fingerprint density at radius 3 is 2.82 bits per heavy atom. The molecule has 0 bridgehead atoms. The van der Waals surface area contributed by atoms with Gasteiger partial charge in [0.2, 0.25) is 5.58 Å². The zero-order chi connectivity index (χ0) is 7.84. The predicted octanol–water partition coefficient (Wildman–Crippen LogP) is 0.743. The van der Waals surface area contributed by atoms with Gasteiger partial charge in [0.15, 0.2) is 0 Å². The van der Waals surface area contributed by atoms with Gasteiger partial charge in [-0.3, -0.25) is 0 Å².